The molecule has 2 saturated heterocycles. The summed E-state index contributed by atoms with van der Waals surface area (Å²) in [6, 6.07) is -0.0494. The van der Waals surface area contributed by atoms with Gasteiger partial charge in [0.1, 0.15) is 12.7 Å². The zero-order valence-electron chi connectivity index (χ0n) is 14.4. The molecule has 3 aliphatic heterocycles. The van der Waals surface area contributed by atoms with Gasteiger partial charge < -0.3 is 14.6 Å². The molecule has 6 nitrogen and oxygen atoms in total. The molecule has 0 aromatic rings. The first-order chi connectivity index (χ1) is 11.2. The summed E-state index contributed by atoms with van der Waals surface area (Å²) in [6.45, 7) is 10.5. The van der Waals surface area contributed by atoms with Gasteiger partial charge >= 0.3 is 11.9 Å². The zero-order chi connectivity index (χ0) is 17.6. The SMILES string of the molecule is C=C1C(=O)O[C@H]2CCN3CC=C(COC(=O)[C@@](C)(O)[C@@H](C)[C@H]1C)[C@@H]23. The largest absolute Gasteiger partial charge is 0.459 e. The smallest absolute Gasteiger partial charge is 0.338 e. The third kappa shape index (κ3) is 2.67. The van der Waals surface area contributed by atoms with E-state index in [2.05, 4.69) is 11.5 Å². The molecule has 1 N–H and O–H groups in total. The Morgan fingerprint density at radius 1 is 1.38 bits per heavy atom. The normalized spacial score (nSPS) is 41.0. The molecule has 0 aromatic carbocycles. The molecule has 0 amide bonds. The minimum atomic E-state index is -1.70. The van der Waals surface area contributed by atoms with E-state index in [1.165, 1.54) is 6.92 Å². The van der Waals surface area contributed by atoms with Crippen LogP contribution in [0.5, 0.6) is 0 Å². The Morgan fingerprint density at radius 2 is 2.08 bits per heavy atom. The van der Waals surface area contributed by atoms with Crippen molar-refractivity contribution in [2.75, 3.05) is 19.7 Å². The average molecular weight is 335 g/mol. The summed E-state index contributed by atoms with van der Waals surface area (Å²) >= 11 is 0. The van der Waals surface area contributed by atoms with Gasteiger partial charge in [0.05, 0.1) is 6.04 Å². The molecule has 2 fully saturated rings. The first-order valence-corrected chi connectivity index (χ1v) is 8.45. The second kappa shape index (κ2) is 6.01. The maximum Gasteiger partial charge on any atom is 0.338 e. The summed E-state index contributed by atoms with van der Waals surface area (Å²) in [5, 5.41) is 10.6. The highest BCUT2D eigenvalue weighted by Crippen LogP contribution is 2.35. The number of hydrogen-bond donors (Lipinski definition) is 1. The Kier molecular flexibility index (Phi) is 4.30. The van der Waals surface area contributed by atoms with E-state index in [0.29, 0.717) is 0 Å². The molecular weight excluding hydrogens is 310 g/mol. The predicted molar refractivity (Wildman–Crippen MR) is 87.0 cm³/mol. The lowest BCUT2D eigenvalue weighted by atomic mass is 9.78. The molecule has 0 spiro atoms. The van der Waals surface area contributed by atoms with E-state index >= 15 is 0 Å². The summed E-state index contributed by atoms with van der Waals surface area (Å²) in [7, 11) is 0. The first kappa shape index (κ1) is 17.2. The van der Waals surface area contributed by atoms with Gasteiger partial charge in [0.15, 0.2) is 5.60 Å². The number of carbonyl (C=O) groups excluding carboxylic acids is 2. The number of esters is 2. The van der Waals surface area contributed by atoms with Gasteiger partial charge in [-0.1, -0.05) is 26.5 Å². The number of aliphatic hydroxyl groups is 1. The van der Waals surface area contributed by atoms with Crippen LogP contribution < -0.4 is 0 Å². The molecule has 0 aliphatic carbocycles. The van der Waals surface area contributed by atoms with Crippen molar-refractivity contribution in [3.63, 3.8) is 0 Å². The first-order valence-electron chi connectivity index (χ1n) is 8.45. The second-order valence-electron chi connectivity index (χ2n) is 7.28. The fourth-order valence-corrected chi connectivity index (χ4v) is 3.79. The zero-order valence-corrected chi connectivity index (χ0v) is 14.4. The number of rotatable bonds is 0. The lowest BCUT2D eigenvalue weighted by molar-refractivity contribution is -0.170. The van der Waals surface area contributed by atoms with Gasteiger partial charge in [0.25, 0.3) is 0 Å². The highest BCUT2D eigenvalue weighted by Gasteiger charge is 2.46. The van der Waals surface area contributed by atoms with E-state index in [-0.39, 0.29) is 24.3 Å². The topological polar surface area (TPSA) is 76.1 Å². The Hall–Kier alpha value is -1.66. The van der Waals surface area contributed by atoms with Crippen LogP contribution in [-0.4, -0.2) is 59.4 Å². The van der Waals surface area contributed by atoms with E-state index in [0.717, 1.165) is 25.1 Å². The standard InChI is InChI=1S/C18H25NO5/c1-10-11(2)16(20)24-14-6-8-19-7-5-13(15(14)19)9-23-17(21)18(4,22)12(10)3/h5,10,12,14-15,22H,2,6-9H2,1,3-4H3/t10-,12-,14-,15-,18-/m0/s1. The number of cyclic esters (lactones) is 1. The van der Waals surface area contributed by atoms with Crippen LogP contribution in [0.25, 0.3) is 0 Å². The van der Waals surface area contributed by atoms with Crippen LogP contribution in [0.4, 0.5) is 0 Å². The van der Waals surface area contributed by atoms with Crippen molar-refractivity contribution in [2.45, 2.75) is 44.9 Å². The predicted octanol–water partition coefficient (Wildman–Crippen LogP) is 1.05. The van der Waals surface area contributed by atoms with Crippen LogP contribution in [0.2, 0.25) is 0 Å². The van der Waals surface area contributed by atoms with E-state index < -0.39 is 29.4 Å². The molecule has 3 rings (SSSR count). The van der Waals surface area contributed by atoms with Crippen LogP contribution in [0, 0.1) is 11.8 Å². The van der Waals surface area contributed by atoms with Crippen LogP contribution in [0.1, 0.15) is 27.2 Å². The molecule has 3 aliphatic rings. The van der Waals surface area contributed by atoms with Crippen LogP contribution in [0.15, 0.2) is 23.8 Å². The molecule has 0 bridgehead atoms. The Labute approximate surface area is 142 Å². The van der Waals surface area contributed by atoms with Crippen molar-refractivity contribution in [2.24, 2.45) is 11.8 Å². The van der Waals surface area contributed by atoms with Gasteiger partial charge in [-0.3, -0.25) is 4.90 Å². The van der Waals surface area contributed by atoms with Gasteiger partial charge in [-0.05, 0) is 24.8 Å². The van der Waals surface area contributed by atoms with Crippen molar-refractivity contribution in [3.8, 4) is 0 Å². The number of carbonyl (C=O) groups is 2. The number of nitrogens with zero attached hydrogens (tertiary/aromatic N) is 1. The van der Waals surface area contributed by atoms with Crippen molar-refractivity contribution in [3.05, 3.63) is 23.8 Å². The molecule has 0 aromatic heterocycles. The molecule has 24 heavy (non-hydrogen) atoms. The van der Waals surface area contributed by atoms with Gasteiger partial charge in [0.2, 0.25) is 0 Å². The van der Waals surface area contributed by atoms with E-state index in [4.69, 9.17) is 9.47 Å². The summed E-state index contributed by atoms with van der Waals surface area (Å²) in [5.74, 6) is -2.05. The van der Waals surface area contributed by atoms with Crippen molar-refractivity contribution in [1.29, 1.82) is 0 Å². The van der Waals surface area contributed by atoms with Crippen LogP contribution >= 0.6 is 0 Å². The lowest BCUT2D eigenvalue weighted by Gasteiger charge is -2.34. The third-order valence-corrected chi connectivity index (χ3v) is 5.90. The van der Waals surface area contributed by atoms with E-state index in [9.17, 15) is 14.7 Å². The summed E-state index contributed by atoms with van der Waals surface area (Å²) < 4.78 is 11.1. The quantitative estimate of drug-likeness (QED) is 0.405. The molecule has 0 unspecified atom stereocenters. The van der Waals surface area contributed by atoms with Crippen LogP contribution in [0.3, 0.4) is 0 Å². The minimum absolute atomic E-state index is 0.0494. The number of hydrogen-bond acceptors (Lipinski definition) is 6. The highest BCUT2D eigenvalue weighted by molar-refractivity contribution is 5.89. The molecule has 0 saturated carbocycles. The van der Waals surface area contributed by atoms with Crippen molar-refractivity contribution in [1.82, 2.24) is 4.90 Å². The second-order valence-corrected chi connectivity index (χ2v) is 7.28. The van der Waals surface area contributed by atoms with Gasteiger partial charge in [0, 0.05) is 24.6 Å². The summed E-state index contributed by atoms with van der Waals surface area (Å²) in [5.41, 5.74) is -0.491. The maximum absolute atomic E-state index is 12.5. The van der Waals surface area contributed by atoms with Crippen molar-refractivity contribution >= 4 is 11.9 Å². The molecule has 132 valence electrons. The van der Waals surface area contributed by atoms with Gasteiger partial charge in [-0.15, -0.1) is 0 Å². The third-order valence-electron chi connectivity index (χ3n) is 5.90. The molecular formula is C18H25NO5. The highest BCUT2D eigenvalue weighted by atomic mass is 16.6. The lowest BCUT2D eigenvalue weighted by Crippen LogP contribution is -2.47. The number of ether oxygens (including phenoxy) is 2. The van der Waals surface area contributed by atoms with E-state index in [1.54, 1.807) is 13.8 Å². The summed E-state index contributed by atoms with van der Waals surface area (Å²) in [4.78, 5) is 27.1. The Bertz CT molecular complexity index is 609. The van der Waals surface area contributed by atoms with Crippen LogP contribution in [-0.2, 0) is 19.1 Å². The Morgan fingerprint density at radius 3 is 2.79 bits per heavy atom. The fourth-order valence-electron chi connectivity index (χ4n) is 3.79. The molecule has 0 radical (unpaired) electrons. The van der Waals surface area contributed by atoms with Crippen molar-refractivity contribution < 1.29 is 24.2 Å². The Balaban J connectivity index is 1.92. The van der Waals surface area contributed by atoms with E-state index in [1.807, 2.05) is 6.08 Å². The maximum atomic E-state index is 12.5. The average Bonchev–Trinajstić information content (AvgIpc) is 3.12. The molecule has 3 heterocycles. The van der Waals surface area contributed by atoms with Gasteiger partial charge in [-0.2, -0.15) is 0 Å². The minimum Gasteiger partial charge on any atom is -0.459 e. The monoisotopic (exact) mass is 335 g/mol. The molecule has 5 atom stereocenters. The van der Waals surface area contributed by atoms with Gasteiger partial charge in [-0.25, -0.2) is 9.59 Å². The fraction of sp³-hybridized carbons (Fsp3) is 0.667. The molecule has 6 heteroatoms. The summed E-state index contributed by atoms with van der Waals surface area (Å²) in [6.07, 6.45) is 2.53.